The summed E-state index contributed by atoms with van der Waals surface area (Å²) in [4.78, 5) is 11.5. The molecule has 2 rings (SSSR count). The van der Waals surface area contributed by atoms with Gasteiger partial charge in [-0.15, -0.1) is 10.2 Å². The van der Waals surface area contributed by atoms with Gasteiger partial charge in [-0.05, 0) is 56.7 Å². The molecule has 23 heavy (non-hydrogen) atoms. The van der Waals surface area contributed by atoms with Crippen molar-refractivity contribution >= 4 is 23.2 Å². The molecule has 6 heteroatoms. The van der Waals surface area contributed by atoms with Crippen LogP contribution in [0, 0.1) is 0 Å². The van der Waals surface area contributed by atoms with Gasteiger partial charge in [-0.3, -0.25) is 4.79 Å². The second kappa shape index (κ2) is 8.12. The molecule has 1 aromatic carbocycles. The fourth-order valence-electron chi connectivity index (χ4n) is 1.93. The van der Waals surface area contributed by atoms with E-state index in [-0.39, 0.29) is 12.0 Å². The van der Waals surface area contributed by atoms with Gasteiger partial charge in [0.15, 0.2) is 11.6 Å². The maximum absolute atomic E-state index is 11.5. The van der Waals surface area contributed by atoms with Gasteiger partial charge in [0, 0.05) is 12.1 Å². The fraction of sp³-hybridized carbons (Fsp3) is 0.353. The first kappa shape index (κ1) is 16.7. The fourth-order valence-corrected chi connectivity index (χ4v) is 1.93. The molecule has 1 amide bonds. The first-order valence-electron chi connectivity index (χ1n) is 7.74. The number of ether oxygens (including phenoxy) is 1. The summed E-state index contributed by atoms with van der Waals surface area (Å²) in [5.41, 5.74) is 0.887. The van der Waals surface area contributed by atoms with Crippen molar-refractivity contribution in [3.63, 3.8) is 0 Å². The van der Waals surface area contributed by atoms with E-state index in [1.165, 1.54) is 0 Å². The molecule has 0 fully saturated rings. The Labute approximate surface area is 136 Å². The molecule has 0 aliphatic heterocycles. The topological polar surface area (TPSA) is 76.1 Å². The molecule has 1 heterocycles. The van der Waals surface area contributed by atoms with Gasteiger partial charge in [0.25, 0.3) is 0 Å². The highest BCUT2D eigenvalue weighted by molar-refractivity contribution is 5.89. The number of amides is 1. The minimum Gasteiger partial charge on any atom is -0.491 e. The van der Waals surface area contributed by atoms with Crippen LogP contribution in [0.5, 0.6) is 5.75 Å². The Morgan fingerprint density at radius 1 is 1.09 bits per heavy atom. The molecule has 0 spiro atoms. The van der Waals surface area contributed by atoms with Gasteiger partial charge in [-0.25, -0.2) is 0 Å². The van der Waals surface area contributed by atoms with Gasteiger partial charge >= 0.3 is 0 Å². The van der Waals surface area contributed by atoms with Crippen molar-refractivity contribution in [2.75, 3.05) is 10.6 Å². The zero-order valence-electron chi connectivity index (χ0n) is 13.7. The number of nitrogens with zero attached hydrogens (tertiary/aromatic N) is 2. The van der Waals surface area contributed by atoms with Gasteiger partial charge in [0.05, 0.1) is 6.10 Å². The molecule has 0 aliphatic carbocycles. The first-order valence-corrected chi connectivity index (χ1v) is 7.74. The number of carbonyl (C=O) groups is 1. The molecule has 6 nitrogen and oxygen atoms in total. The van der Waals surface area contributed by atoms with Crippen LogP contribution < -0.4 is 15.4 Å². The zero-order chi connectivity index (χ0) is 16.7. The van der Waals surface area contributed by atoms with Crippen molar-refractivity contribution in [3.8, 4) is 5.75 Å². The van der Waals surface area contributed by atoms with Crippen LogP contribution in [-0.4, -0.2) is 22.2 Å². The zero-order valence-corrected chi connectivity index (χ0v) is 13.7. The Kier molecular flexibility index (Phi) is 5.91. The van der Waals surface area contributed by atoms with E-state index in [9.17, 15) is 4.79 Å². The summed E-state index contributed by atoms with van der Waals surface area (Å²) >= 11 is 0. The molecule has 0 saturated carbocycles. The van der Waals surface area contributed by atoms with Crippen LogP contribution in [-0.2, 0) is 4.79 Å². The Hall–Kier alpha value is -2.63. The van der Waals surface area contributed by atoms with Gasteiger partial charge in [-0.1, -0.05) is 6.92 Å². The highest BCUT2D eigenvalue weighted by atomic mass is 16.5. The molecule has 122 valence electrons. The number of rotatable bonds is 7. The Balaban J connectivity index is 1.94. The van der Waals surface area contributed by atoms with Crippen molar-refractivity contribution in [2.24, 2.45) is 0 Å². The van der Waals surface area contributed by atoms with E-state index in [1.54, 1.807) is 12.1 Å². The Morgan fingerprint density at radius 2 is 1.74 bits per heavy atom. The lowest BCUT2D eigenvalue weighted by molar-refractivity contribution is -0.116. The van der Waals surface area contributed by atoms with Gasteiger partial charge in [-0.2, -0.15) is 0 Å². The third kappa shape index (κ3) is 5.58. The average molecular weight is 314 g/mol. The molecule has 0 bridgehead atoms. The van der Waals surface area contributed by atoms with Crippen molar-refractivity contribution in [3.05, 3.63) is 36.4 Å². The Bertz CT molecular complexity index is 624. The van der Waals surface area contributed by atoms with Crippen LogP contribution in [0.15, 0.2) is 36.4 Å². The van der Waals surface area contributed by atoms with E-state index in [1.807, 2.05) is 45.0 Å². The number of aromatic nitrogens is 2. The number of anilines is 3. The lowest BCUT2D eigenvalue weighted by Crippen LogP contribution is -2.12. The SMILES string of the molecule is CCCC(=O)Nc1ccc(Nc2ccc(OC(C)C)cc2)nn1. The van der Waals surface area contributed by atoms with E-state index in [0.29, 0.717) is 18.1 Å². The summed E-state index contributed by atoms with van der Waals surface area (Å²) in [6.07, 6.45) is 1.43. The van der Waals surface area contributed by atoms with E-state index in [4.69, 9.17) is 4.74 Å². The minimum atomic E-state index is -0.0525. The largest absolute Gasteiger partial charge is 0.491 e. The summed E-state index contributed by atoms with van der Waals surface area (Å²) in [6, 6.07) is 11.1. The first-order chi connectivity index (χ1) is 11.1. The molecular formula is C17H22N4O2. The predicted octanol–water partition coefficient (Wildman–Crippen LogP) is 3.75. The lowest BCUT2D eigenvalue weighted by Gasteiger charge is -2.11. The molecule has 0 aliphatic rings. The molecule has 0 unspecified atom stereocenters. The summed E-state index contributed by atoms with van der Waals surface area (Å²) in [7, 11) is 0. The molecule has 0 radical (unpaired) electrons. The maximum Gasteiger partial charge on any atom is 0.225 e. The highest BCUT2D eigenvalue weighted by Crippen LogP contribution is 2.19. The average Bonchev–Trinajstić information content (AvgIpc) is 2.51. The van der Waals surface area contributed by atoms with E-state index in [2.05, 4.69) is 20.8 Å². The van der Waals surface area contributed by atoms with Gasteiger partial charge < -0.3 is 15.4 Å². The van der Waals surface area contributed by atoms with Crippen LogP contribution in [0.2, 0.25) is 0 Å². The standard InChI is InChI=1S/C17H22N4O2/c1-4-5-17(22)19-16-11-10-15(20-21-16)18-13-6-8-14(9-7-13)23-12(2)3/h6-12H,4-5H2,1-3H3,(H,18,20)(H,19,21,22). The van der Waals surface area contributed by atoms with Crippen molar-refractivity contribution in [1.82, 2.24) is 10.2 Å². The number of benzene rings is 1. The van der Waals surface area contributed by atoms with Gasteiger partial charge in [0.1, 0.15) is 5.75 Å². The van der Waals surface area contributed by atoms with Crippen molar-refractivity contribution < 1.29 is 9.53 Å². The van der Waals surface area contributed by atoms with E-state index in [0.717, 1.165) is 17.9 Å². The summed E-state index contributed by atoms with van der Waals surface area (Å²) in [5.74, 6) is 1.83. The van der Waals surface area contributed by atoms with Gasteiger partial charge in [0.2, 0.25) is 5.91 Å². The van der Waals surface area contributed by atoms with Crippen LogP contribution >= 0.6 is 0 Å². The Morgan fingerprint density at radius 3 is 2.30 bits per heavy atom. The monoisotopic (exact) mass is 314 g/mol. The number of hydrogen-bond donors (Lipinski definition) is 2. The molecule has 2 N–H and O–H groups in total. The summed E-state index contributed by atoms with van der Waals surface area (Å²) in [5, 5.41) is 13.9. The molecule has 2 aromatic rings. The summed E-state index contributed by atoms with van der Waals surface area (Å²) < 4.78 is 5.60. The highest BCUT2D eigenvalue weighted by Gasteiger charge is 2.04. The normalized spacial score (nSPS) is 10.4. The molecule has 0 atom stereocenters. The maximum atomic E-state index is 11.5. The summed E-state index contributed by atoms with van der Waals surface area (Å²) in [6.45, 7) is 5.93. The third-order valence-corrected chi connectivity index (χ3v) is 2.91. The second-order valence-electron chi connectivity index (χ2n) is 5.42. The number of hydrogen-bond acceptors (Lipinski definition) is 5. The van der Waals surface area contributed by atoms with Crippen LogP contribution in [0.3, 0.4) is 0 Å². The smallest absolute Gasteiger partial charge is 0.225 e. The number of carbonyl (C=O) groups excluding carboxylic acids is 1. The van der Waals surface area contributed by atoms with Crippen molar-refractivity contribution in [2.45, 2.75) is 39.7 Å². The van der Waals surface area contributed by atoms with Crippen molar-refractivity contribution in [1.29, 1.82) is 0 Å². The minimum absolute atomic E-state index is 0.0525. The quantitative estimate of drug-likeness (QED) is 0.814. The van der Waals surface area contributed by atoms with Crippen LogP contribution in [0.4, 0.5) is 17.3 Å². The predicted molar refractivity (Wildman–Crippen MR) is 91.1 cm³/mol. The van der Waals surface area contributed by atoms with E-state index >= 15 is 0 Å². The second-order valence-corrected chi connectivity index (χ2v) is 5.42. The number of nitrogens with one attached hydrogen (secondary N) is 2. The molecule has 1 aromatic heterocycles. The van der Waals surface area contributed by atoms with Crippen LogP contribution in [0.1, 0.15) is 33.6 Å². The van der Waals surface area contributed by atoms with E-state index < -0.39 is 0 Å². The lowest BCUT2D eigenvalue weighted by atomic mass is 10.3. The third-order valence-electron chi connectivity index (χ3n) is 2.91. The van der Waals surface area contributed by atoms with Crippen LogP contribution in [0.25, 0.3) is 0 Å². The molecular weight excluding hydrogens is 292 g/mol. The molecule has 0 saturated heterocycles.